The van der Waals surface area contributed by atoms with Crippen LogP contribution < -0.4 is 0 Å². The zero-order valence-electron chi connectivity index (χ0n) is 10.2. The van der Waals surface area contributed by atoms with E-state index in [1.165, 1.54) is 24.5 Å². The van der Waals surface area contributed by atoms with Crippen molar-refractivity contribution in [2.24, 2.45) is 0 Å². The van der Waals surface area contributed by atoms with Crippen molar-refractivity contribution in [3.05, 3.63) is 59.9 Å². The second kappa shape index (κ2) is 4.39. The zero-order valence-corrected chi connectivity index (χ0v) is 10.2. The molecule has 1 aromatic heterocycles. The van der Waals surface area contributed by atoms with Crippen molar-refractivity contribution in [2.75, 3.05) is 0 Å². The van der Waals surface area contributed by atoms with Crippen molar-refractivity contribution < 1.29 is 8.78 Å². The van der Waals surface area contributed by atoms with E-state index in [9.17, 15) is 8.78 Å². The highest BCUT2D eigenvalue weighted by molar-refractivity contribution is 5.92. The summed E-state index contributed by atoms with van der Waals surface area (Å²) in [7, 11) is 0. The molecule has 0 N–H and O–H groups in total. The van der Waals surface area contributed by atoms with Crippen LogP contribution in [0.4, 0.5) is 8.78 Å². The van der Waals surface area contributed by atoms with Crippen LogP contribution in [-0.2, 0) is 0 Å². The Morgan fingerprint density at radius 3 is 2.58 bits per heavy atom. The lowest BCUT2D eigenvalue weighted by molar-refractivity contribution is 0.619. The number of rotatable bonds is 1. The quantitative estimate of drug-likeness (QED) is 0.660. The summed E-state index contributed by atoms with van der Waals surface area (Å²) in [6.45, 7) is 1.70. The molecule has 0 aliphatic heterocycles. The van der Waals surface area contributed by atoms with E-state index in [4.69, 9.17) is 0 Å². The number of aryl methyl sites for hydroxylation is 1. The van der Waals surface area contributed by atoms with E-state index in [0.29, 0.717) is 16.8 Å². The molecule has 0 saturated carbocycles. The Kier molecular flexibility index (Phi) is 2.71. The number of hydrogen-bond donors (Lipinski definition) is 0. The first-order chi connectivity index (χ1) is 9.15. The maximum Gasteiger partial charge on any atom is 0.126 e. The number of halogens is 2. The lowest BCUT2D eigenvalue weighted by Gasteiger charge is -2.06. The molecule has 0 bridgehead atoms. The third-order valence-electron chi connectivity index (χ3n) is 3.03. The summed E-state index contributed by atoms with van der Waals surface area (Å²) in [5.41, 5.74) is 2.55. The summed E-state index contributed by atoms with van der Waals surface area (Å²) in [6, 6.07) is 9.15. The first kappa shape index (κ1) is 11.7. The van der Waals surface area contributed by atoms with Crippen molar-refractivity contribution >= 4 is 10.9 Å². The van der Waals surface area contributed by atoms with Gasteiger partial charge in [-0.3, -0.25) is 0 Å². The smallest absolute Gasteiger partial charge is 0.126 e. The largest absolute Gasteiger partial charge is 0.236 e. The van der Waals surface area contributed by atoms with Gasteiger partial charge >= 0.3 is 0 Å². The number of hydrogen-bond acceptors (Lipinski definition) is 2. The van der Waals surface area contributed by atoms with Crippen LogP contribution in [0.15, 0.2) is 42.7 Å². The van der Waals surface area contributed by atoms with E-state index >= 15 is 0 Å². The Hall–Kier alpha value is -2.36. The molecule has 2 nitrogen and oxygen atoms in total. The van der Waals surface area contributed by atoms with E-state index in [1.54, 1.807) is 25.1 Å². The molecule has 0 radical (unpaired) electrons. The Labute approximate surface area is 108 Å². The molecule has 19 heavy (non-hydrogen) atoms. The van der Waals surface area contributed by atoms with Crippen LogP contribution in [0.5, 0.6) is 0 Å². The summed E-state index contributed by atoms with van der Waals surface area (Å²) in [5, 5.41) is 0.745. The lowest BCUT2D eigenvalue weighted by Crippen LogP contribution is -1.91. The fourth-order valence-corrected chi connectivity index (χ4v) is 2.05. The maximum atomic E-state index is 13.3. The molecule has 0 amide bonds. The molecule has 1 heterocycles. The Morgan fingerprint density at radius 1 is 0.947 bits per heavy atom. The third-order valence-corrected chi connectivity index (χ3v) is 3.03. The summed E-state index contributed by atoms with van der Waals surface area (Å²) >= 11 is 0. The average Bonchev–Trinajstić information content (AvgIpc) is 2.41. The van der Waals surface area contributed by atoms with Gasteiger partial charge in [0.2, 0.25) is 0 Å². The number of aromatic nitrogens is 2. The van der Waals surface area contributed by atoms with Crippen LogP contribution in [0, 0.1) is 18.6 Å². The number of fused-ring (bicyclic) bond motifs is 1. The predicted octanol–water partition coefficient (Wildman–Crippen LogP) is 3.88. The standard InChI is InChI=1S/C15H10F2N2/c1-9-6-10(2-5-13(9)17)15-12-4-3-11(16)7-14(12)18-8-19-15/h2-8H,1H3. The van der Waals surface area contributed by atoms with Crippen molar-refractivity contribution in [1.82, 2.24) is 9.97 Å². The zero-order chi connectivity index (χ0) is 13.4. The summed E-state index contributed by atoms with van der Waals surface area (Å²) in [4.78, 5) is 8.26. The van der Waals surface area contributed by atoms with Gasteiger partial charge in [0.1, 0.15) is 18.0 Å². The van der Waals surface area contributed by atoms with Crippen LogP contribution in [0.25, 0.3) is 22.2 Å². The Balaban J connectivity index is 2.27. The van der Waals surface area contributed by atoms with E-state index in [-0.39, 0.29) is 11.6 Å². The summed E-state index contributed by atoms with van der Waals surface area (Å²) < 4.78 is 26.5. The SMILES string of the molecule is Cc1cc(-c2ncnc3cc(F)ccc23)ccc1F. The van der Waals surface area contributed by atoms with Crippen LogP contribution in [0.2, 0.25) is 0 Å². The van der Waals surface area contributed by atoms with Crippen LogP contribution >= 0.6 is 0 Å². The molecular weight excluding hydrogens is 246 g/mol. The van der Waals surface area contributed by atoms with Crippen molar-refractivity contribution in [3.8, 4) is 11.3 Å². The van der Waals surface area contributed by atoms with Gasteiger partial charge in [-0.15, -0.1) is 0 Å². The van der Waals surface area contributed by atoms with Gasteiger partial charge in [0.25, 0.3) is 0 Å². The highest BCUT2D eigenvalue weighted by Crippen LogP contribution is 2.26. The van der Waals surface area contributed by atoms with Crippen molar-refractivity contribution in [3.63, 3.8) is 0 Å². The molecule has 2 aromatic carbocycles. The molecule has 0 atom stereocenters. The molecule has 0 aliphatic rings. The predicted molar refractivity (Wildman–Crippen MR) is 69.6 cm³/mol. The number of nitrogens with zero attached hydrogens (tertiary/aromatic N) is 2. The van der Waals surface area contributed by atoms with E-state index < -0.39 is 0 Å². The molecule has 0 spiro atoms. The number of benzene rings is 2. The van der Waals surface area contributed by atoms with Crippen molar-refractivity contribution in [1.29, 1.82) is 0 Å². The van der Waals surface area contributed by atoms with Gasteiger partial charge in [-0.25, -0.2) is 18.7 Å². The molecule has 94 valence electrons. The summed E-state index contributed by atoms with van der Waals surface area (Å²) in [6.07, 6.45) is 1.38. The van der Waals surface area contributed by atoms with Gasteiger partial charge in [-0.05, 0) is 42.8 Å². The Morgan fingerprint density at radius 2 is 1.79 bits per heavy atom. The molecule has 0 unspecified atom stereocenters. The molecule has 0 fully saturated rings. The van der Waals surface area contributed by atoms with Gasteiger partial charge in [0.05, 0.1) is 11.2 Å². The molecule has 4 heteroatoms. The van der Waals surface area contributed by atoms with Gasteiger partial charge in [0, 0.05) is 17.0 Å². The third kappa shape index (κ3) is 2.05. The van der Waals surface area contributed by atoms with Crippen LogP contribution in [0.1, 0.15) is 5.56 Å². The molecular formula is C15H10F2N2. The fourth-order valence-electron chi connectivity index (χ4n) is 2.05. The highest BCUT2D eigenvalue weighted by atomic mass is 19.1. The van der Waals surface area contributed by atoms with Crippen LogP contribution in [0.3, 0.4) is 0 Å². The summed E-state index contributed by atoms with van der Waals surface area (Å²) in [5.74, 6) is -0.597. The lowest BCUT2D eigenvalue weighted by atomic mass is 10.0. The van der Waals surface area contributed by atoms with E-state index in [1.807, 2.05) is 0 Å². The normalized spacial score (nSPS) is 10.9. The monoisotopic (exact) mass is 256 g/mol. The topological polar surface area (TPSA) is 25.8 Å². The van der Waals surface area contributed by atoms with Gasteiger partial charge in [-0.2, -0.15) is 0 Å². The average molecular weight is 256 g/mol. The first-order valence-corrected chi connectivity index (χ1v) is 5.82. The van der Waals surface area contributed by atoms with E-state index in [0.717, 1.165) is 10.9 Å². The minimum Gasteiger partial charge on any atom is -0.236 e. The minimum absolute atomic E-state index is 0.256. The molecule has 3 rings (SSSR count). The highest BCUT2D eigenvalue weighted by Gasteiger charge is 2.08. The van der Waals surface area contributed by atoms with Crippen molar-refractivity contribution in [2.45, 2.75) is 6.92 Å². The van der Waals surface area contributed by atoms with Gasteiger partial charge in [0.15, 0.2) is 0 Å². The second-order valence-electron chi connectivity index (χ2n) is 4.35. The fraction of sp³-hybridized carbons (Fsp3) is 0.0667. The minimum atomic E-state index is -0.340. The molecule has 3 aromatic rings. The Bertz CT molecular complexity index is 769. The van der Waals surface area contributed by atoms with E-state index in [2.05, 4.69) is 9.97 Å². The molecule has 0 saturated heterocycles. The molecule has 0 aliphatic carbocycles. The second-order valence-corrected chi connectivity index (χ2v) is 4.35. The van der Waals surface area contributed by atoms with Crippen LogP contribution in [-0.4, -0.2) is 9.97 Å². The first-order valence-electron chi connectivity index (χ1n) is 5.82. The van der Waals surface area contributed by atoms with Gasteiger partial charge in [-0.1, -0.05) is 0 Å². The maximum absolute atomic E-state index is 13.3. The van der Waals surface area contributed by atoms with Gasteiger partial charge < -0.3 is 0 Å².